The molecular formula is C16H24O. The number of rotatable bonds is 6. The summed E-state index contributed by atoms with van der Waals surface area (Å²) in [7, 11) is 1.76. The van der Waals surface area contributed by atoms with Crippen LogP contribution in [0.15, 0.2) is 47.1 Å². The highest BCUT2D eigenvalue weighted by Gasteiger charge is 2.06. The van der Waals surface area contributed by atoms with Gasteiger partial charge in [0.1, 0.15) is 0 Å². The van der Waals surface area contributed by atoms with E-state index in [2.05, 4.69) is 44.2 Å². The fourth-order valence-electron chi connectivity index (χ4n) is 1.97. The molecule has 0 saturated heterocycles. The molecule has 1 aliphatic rings. The monoisotopic (exact) mass is 232 g/mol. The zero-order valence-corrected chi connectivity index (χ0v) is 11.3. The van der Waals surface area contributed by atoms with Gasteiger partial charge in [-0.25, -0.2) is 0 Å². The third kappa shape index (κ3) is 4.74. The van der Waals surface area contributed by atoms with E-state index < -0.39 is 0 Å². The summed E-state index contributed by atoms with van der Waals surface area (Å²) in [5.41, 5.74) is 4.25. The van der Waals surface area contributed by atoms with Gasteiger partial charge in [0.2, 0.25) is 0 Å². The van der Waals surface area contributed by atoms with Crippen molar-refractivity contribution in [1.82, 2.24) is 0 Å². The van der Waals surface area contributed by atoms with Gasteiger partial charge in [-0.15, -0.1) is 0 Å². The van der Waals surface area contributed by atoms with Crippen molar-refractivity contribution >= 4 is 0 Å². The molecule has 0 saturated carbocycles. The Balaban J connectivity index is 2.64. The Bertz CT molecular complexity index is 343. The molecule has 1 nitrogen and oxygen atoms in total. The fraction of sp³-hybridized carbons (Fsp3) is 0.500. The molecule has 0 bridgehead atoms. The van der Waals surface area contributed by atoms with Crippen molar-refractivity contribution in [2.45, 2.75) is 39.5 Å². The second kappa shape index (κ2) is 8.08. The van der Waals surface area contributed by atoms with Crippen LogP contribution < -0.4 is 0 Å². The van der Waals surface area contributed by atoms with Crippen LogP contribution in [0, 0.1) is 0 Å². The maximum absolute atomic E-state index is 5.04. The number of unbranched alkanes of at least 4 members (excludes halogenated alkanes) is 1. The average Bonchev–Trinajstić information content (AvgIpc) is 2.38. The first-order valence-corrected chi connectivity index (χ1v) is 6.48. The first kappa shape index (κ1) is 14.0. The molecule has 94 valence electrons. The van der Waals surface area contributed by atoms with E-state index in [4.69, 9.17) is 4.74 Å². The Labute approximate surface area is 106 Å². The lowest BCUT2D eigenvalue weighted by molar-refractivity contribution is 0.196. The van der Waals surface area contributed by atoms with Crippen molar-refractivity contribution in [3.05, 3.63) is 47.1 Å². The first-order valence-electron chi connectivity index (χ1n) is 6.48. The third-order valence-electron chi connectivity index (χ3n) is 3.11. The van der Waals surface area contributed by atoms with Gasteiger partial charge in [0.25, 0.3) is 0 Å². The molecule has 0 aromatic carbocycles. The Morgan fingerprint density at radius 1 is 1.47 bits per heavy atom. The quantitative estimate of drug-likeness (QED) is 0.609. The van der Waals surface area contributed by atoms with E-state index >= 15 is 0 Å². The number of hydrogen-bond donors (Lipinski definition) is 0. The molecule has 0 atom stereocenters. The van der Waals surface area contributed by atoms with Gasteiger partial charge < -0.3 is 4.74 Å². The van der Waals surface area contributed by atoms with Gasteiger partial charge in [-0.3, -0.25) is 0 Å². The second-order valence-electron chi connectivity index (χ2n) is 4.39. The van der Waals surface area contributed by atoms with Crippen LogP contribution in [0.2, 0.25) is 0 Å². The maximum atomic E-state index is 5.04. The molecule has 0 unspecified atom stereocenters. The van der Waals surface area contributed by atoms with E-state index in [-0.39, 0.29) is 0 Å². The number of allylic oxidation sites excluding steroid dienone is 8. The lowest BCUT2D eigenvalue weighted by atomic mass is 9.92. The van der Waals surface area contributed by atoms with Crippen molar-refractivity contribution in [3.8, 4) is 0 Å². The summed E-state index contributed by atoms with van der Waals surface area (Å²) in [6.45, 7) is 5.14. The van der Waals surface area contributed by atoms with Crippen LogP contribution in [0.25, 0.3) is 0 Å². The van der Waals surface area contributed by atoms with Crippen LogP contribution in [-0.2, 0) is 4.74 Å². The number of ether oxygens (including phenoxy) is 1. The second-order valence-corrected chi connectivity index (χ2v) is 4.39. The molecule has 0 heterocycles. The summed E-state index contributed by atoms with van der Waals surface area (Å²) in [4.78, 5) is 0. The minimum atomic E-state index is 0.851. The highest BCUT2D eigenvalue weighted by Crippen LogP contribution is 2.25. The zero-order chi connectivity index (χ0) is 12.5. The molecule has 0 aromatic rings. The molecule has 0 amide bonds. The van der Waals surface area contributed by atoms with Gasteiger partial charge in [-0.2, -0.15) is 0 Å². The highest BCUT2D eigenvalue weighted by atomic mass is 16.5. The number of methoxy groups -OCH3 is 1. The van der Waals surface area contributed by atoms with E-state index in [1.165, 1.54) is 16.7 Å². The molecular weight excluding hydrogens is 208 g/mol. The average molecular weight is 232 g/mol. The molecule has 0 radical (unpaired) electrons. The summed E-state index contributed by atoms with van der Waals surface area (Å²) >= 11 is 0. The SMILES string of the molecule is C/C=C(/C)C1=C(/C=C\CCCOC)CCC=C1. The molecule has 0 aromatic heterocycles. The Morgan fingerprint density at radius 3 is 3.00 bits per heavy atom. The summed E-state index contributed by atoms with van der Waals surface area (Å²) in [5, 5.41) is 0. The fourth-order valence-corrected chi connectivity index (χ4v) is 1.97. The van der Waals surface area contributed by atoms with Crippen molar-refractivity contribution < 1.29 is 4.74 Å². The van der Waals surface area contributed by atoms with Crippen LogP contribution >= 0.6 is 0 Å². The normalized spacial score (nSPS) is 17.2. The lowest BCUT2D eigenvalue weighted by Crippen LogP contribution is -1.94. The maximum Gasteiger partial charge on any atom is 0.0465 e. The Kier molecular flexibility index (Phi) is 6.64. The Hall–Kier alpha value is -1.08. The van der Waals surface area contributed by atoms with Crippen molar-refractivity contribution in [2.24, 2.45) is 0 Å². The molecule has 1 heteroatoms. The van der Waals surface area contributed by atoms with Crippen molar-refractivity contribution in [3.63, 3.8) is 0 Å². The summed E-state index contributed by atoms with van der Waals surface area (Å²) in [5.74, 6) is 0. The van der Waals surface area contributed by atoms with Crippen LogP contribution in [0.4, 0.5) is 0 Å². The predicted octanol–water partition coefficient (Wildman–Crippen LogP) is 4.58. The largest absolute Gasteiger partial charge is 0.385 e. The van der Waals surface area contributed by atoms with Gasteiger partial charge in [0.05, 0.1) is 0 Å². The van der Waals surface area contributed by atoms with Crippen molar-refractivity contribution in [2.75, 3.05) is 13.7 Å². The molecule has 0 N–H and O–H groups in total. The molecule has 0 spiro atoms. The molecule has 0 fully saturated rings. The topological polar surface area (TPSA) is 9.23 Å². The van der Waals surface area contributed by atoms with Crippen LogP contribution in [0.5, 0.6) is 0 Å². The van der Waals surface area contributed by atoms with E-state index in [0.717, 1.165) is 32.3 Å². The lowest BCUT2D eigenvalue weighted by Gasteiger charge is -2.13. The highest BCUT2D eigenvalue weighted by molar-refractivity contribution is 5.47. The van der Waals surface area contributed by atoms with Crippen LogP contribution in [0.1, 0.15) is 39.5 Å². The summed E-state index contributed by atoms with van der Waals surface area (Å²) in [6.07, 6.45) is 15.8. The molecule has 1 aliphatic carbocycles. The smallest absolute Gasteiger partial charge is 0.0465 e. The van der Waals surface area contributed by atoms with Crippen molar-refractivity contribution in [1.29, 1.82) is 0 Å². The van der Waals surface area contributed by atoms with E-state index in [9.17, 15) is 0 Å². The van der Waals surface area contributed by atoms with E-state index in [1.807, 2.05) is 0 Å². The van der Waals surface area contributed by atoms with Gasteiger partial charge in [0, 0.05) is 13.7 Å². The molecule has 17 heavy (non-hydrogen) atoms. The standard InChI is InChI=1S/C16H24O/c1-4-14(2)16-12-8-7-11-15(16)10-6-5-9-13-17-3/h4,6,8,10,12H,5,7,9,11,13H2,1-3H3/b10-6-,14-4-. The first-order chi connectivity index (χ1) is 8.29. The van der Waals surface area contributed by atoms with E-state index in [0.29, 0.717) is 0 Å². The van der Waals surface area contributed by atoms with Gasteiger partial charge in [-0.05, 0) is 56.3 Å². The van der Waals surface area contributed by atoms with Gasteiger partial charge >= 0.3 is 0 Å². The third-order valence-corrected chi connectivity index (χ3v) is 3.11. The molecule has 0 aliphatic heterocycles. The van der Waals surface area contributed by atoms with Crippen LogP contribution in [-0.4, -0.2) is 13.7 Å². The number of hydrogen-bond acceptors (Lipinski definition) is 1. The minimum absolute atomic E-state index is 0.851. The zero-order valence-electron chi connectivity index (χ0n) is 11.3. The predicted molar refractivity (Wildman–Crippen MR) is 75.1 cm³/mol. The Morgan fingerprint density at radius 2 is 2.29 bits per heavy atom. The van der Waals surface area contributed by atoms with Crippen LogP contribution in [0.3, 0.4) is 0 Å². The minimum Gasteiger partial charge on any atom is -0.385 e. The summed E-state index contributed by atoms with van der Waals surface area (Å²) < 4.78 is 5.04. The van der Waals surface area contributed by atoms with E-state index in [1.54, 1.807) is 7.11 Å². The summed E-state index contributed by atoms with van der Waals surface area (Å²) in [6, 6.07) is 0. The van der Waals surface area contributed by atoms with Gasteiger partial charge in [-0.1, -0.05) is 30.4 Å². The van der Waals surface area contributed by atoms with Gasteiger partial charge in [0.15, 0.2) is 0 Å². The molecule has 1 rings (SSSR count).